The number of likely N-dealkylation sites (N-methyl/N-ethyl adjacent to an activating group) is 2. The zero-order chi connectivity index (χ0) is 21.7. The molecule has 2 N–H and O–H groups in total. The van der Waals surface area contributed by atoms with Crippen molar-refractivity contribution in [1.29, 1.82) is 0 Å². The fraction of sp³-hybridized carbons (Fsp3) is 0.391. The predicted octanol–water partition coefficient (Wildman–Crippen LogP) is 1.83. The molecule has 1 heterocycles. The van der Waals surface area contributed by atoms with Crippen LogP contribution in [-0.2, 0) is 22.4 Å². The molecule has 30 heavy (non-hydrogen) atoms. The van der Waals surface area contributed by atoms with Gasteiger partial charge >= 0.3 is 0 Å². The first-order valence-electron chi connectivity index (χ1n) is 10.0. The first kappa shape index (κ1) is 21.6. The van der Waals surface area contributed by atoms with Crippen molar-refractivity contribution >= 4 is 11.8 Å². The fourth-order valence-corrected chi connectivity index (χ4v) is 3.42. The number of ether oxygens (including phenoxy) is 2. The Hall–Kier alpha value is -3.06. The van der Waals surface area contributed by atoms with Crippen LogP contribution in [0.5, 0.6) is 11.5 Å². The molecular formula is C23H29N3O4. The molecule has 160 valence electrons. The Morgan fingerprint density at radius 2 is 1.70 bits per heavy atom. The maximum Gasteiger partial charge on any atom is 0.242 e. The SMILES string of the molecule is CC(Cc1ccc2c(c1)OCO2)N(C)C(=O)CN(C)C(=O)C(N)Cc1ccccc1. The Kier molecular flexibility index (Phi) is 6.95. The second-order valence-corrected chi connectivity index (χ2v) is 7.74. The maximum absolute atomic E-state index is 12.7. The molecule has 2 unspecified atom stereocenters. The van der Waals surface area contributed by atoms with Crippen LogP contribution in [-0.4, -0.2) is 61.1 Å². The molecule has 0 aliphatic carbocycles. The van der Waals surface area contributed by atoms with Crippen molar-refractivity contribution in [1.82, 2.24) is 9.80 Å². The van der Waals surface area contributed by atoms with Gasteiger partial charge in [0.25, 0.3) is 0 Å². The van der Waals surface area contributed by atoms with Gasteiger partial charge in [-0.05, 0) is 43.0 Å². The van der Waals surface area contributed by atoms with Crippen LogP contribution in [0.1, 0.15) is 18.1 Å². The van der Waals surface area contributed by atoms with E-state index < -0.39 is 6.04 Å². The van der Waals surface area contributed by atoms with Crippen LogP contribution in [0.3, 0.4) is 0 Å². The lowest BCUT2D eigenvalue weighted by Crippen LogP contribution is -2.48. The zero-order valence-electron chi connectivity index (χ0n) is 17.7. The first-order valence-corrected chi connectivity index (χ1v) is 10.0. The number of nitrogens with zero attached hydrogens (tertiary/aromatic N) is 2. The molecule has 7 nitrogen and oxygen atoms in total. The zero-order valence-corrected chi connectivity index (χ0v) is 17.7. The van der Waals surface area contributed by atoms with Gasteiger partial charge in [0.2, 0.25) is 18.6 Å². The summed E-state index contributed by atoms with van der Waals surface area (Å²) in [6.07, 6.45) is 1.11. The van der Waals surface area contributed by atoms with Crippen molar-refractivity contribution in [3.8, 4) is 11.5 Å². The maximum atomic E-state index is 12.7. The standard InChI is InChI=1S/C23H29N3O4/c1-16(11-18-9-10-20-21(13-18)30-15-29-20)26(3)22(27)14-25(2)23(28)19(24)12-17-7-5-4-6-8-17/h4-10,13,16,19H,11-12,14-15,24H2,1-3H3. The normalized spacial score (nSPS) is 14.1. The Balaban J connectivity index is 1.51. The number of amides is 2. The predicted molar refractivity (Wildman–Crippen MR) is 114 cm³/mol. The summed E-state index contributed by atoms with van der Waals surface area (Å²) < 4.78 is 10.7. The number of benzene rings is 2. The molecule has 3 rings (SSSR count). The molecule has 1 aliphatic heterocycles. The molecule has 0 bridgehead atoms. The number of rotatable bonds is 8. The number of carbonyl (C=O) groups excluding carboxylic acids is 2. The van der Waals surface area contributed by atoms with Gasteiger partial charge in [-0.1, -0.05) is 36.4 Å². The summed E-state index contributed by atoms with van der Waals surface area (Å²) in [6, 6.07) is 14.7. The number of fused-ring (bicyclic) bond motifs is 1. The Morgan fingerprint density at radius 1 is 1.00 bits per heavy atom. The molecule has 2 amide bonds. The quantitative estimate of drug-likeness (QED) is 0.716. The molecule has 2 aromatic rings. The van der Waals surface area contributed by atoms with E-state index in [1.807, 2.05) is 55.5 Å². The van der Waals surface area contributed by atoms with Crippen LogP contribution < -0.4 is 15.2 Å². The molecule has 0 aromatic heterocycles. The second kappa shape index (κ2) is 9.63. The lowest BCUT2D eigenvalue weighted by molar-refractivity contribution is -0.140. The van der Waals surface area contributed by atoms with E-state index in [-0.39, 0.29) is 31.2 Å². The van der Waals surface area contributed by atoms with Crippen molar-refractivity contribution in [2.45, 2.75) is 31.8 Å². The molecular weight excluding hydrogens is 382 g/mol. The third-order valence-electron chi connectivity index (χ3n) is 5.39. The van der Waals surface area contributed by atoms with Gasteiger partial charge in [0.1, 0.15) is 0 Å². The van der Waals surface area contributed by atoms with Crippen molar-refractivity contribution in [3.63, 3.8) is 0 Å². The number of carbonyl (C=O) groups is 2. The van der Waals surface area contributed by atoms with E-state index in [2.05, 4.69) is 0 Å². The van der Waals surface area contributed by atoms with Crippen LogP contribution in [0.2, 0.25) is 0 Å². The van der Waals surface area contributed by atoms with Gasteiger partial charge in [-0.3, -0.25) is 9.59 Å². The van der Waals surface area contributed by atoms with Crippen molar-refractivity contribution in [3.05, 3.63) is 59.7 Å². The van der Waals surface area contributed by atoms with Crippen LogP contribution in [0.15, 0.2) is 48.5 Å². The van der Waals surface area contributed by atoms with Gasteiger partial charge in [-0.2, -0.15) is 0 Å². The summed E-state index contributed by atoms with van der Waals surface area (Å²) in [5.41, 5.74) is 8.12. The van der Waals surface area contributed by atoms with Crippen LogP contribution in [0.4, 0.5) is 0 Å². The van der Waals surface area contributed by atoms with E-state index in [0.29, 0.717) is 12.8 Å². The third kappa shape index (κ3) is 5.30. The summed E-state index contributed by atoms with van der Waals surface area (Å²) in [6.45, 7) is 2.20. The molecule has 0 spiro atoms. The monoisotopic (exact) mass is 411 g/mol. The smallest absolute Gasteiger partial charge is 0.242 e. The summed E-state index contributed by atoms with van der Waals surface area (Å²) in [5, 5.41) is 0. The van der Waals surface area contributed by atoms with Crippen LogP contribution in [0.25, 0.3) is 0 Å². The largest absolute Gasteiger partial charge is 0.454 e. The molecule has 7 heteroatoms. The minimum Gasteiger partial charge on any atom is -0.454 e. The van der Waals surface area contributed by atoms with Gasteiger partial charge in [0.05, 0.1) is 12.6 Å². The molecule has 0 saturated carbocycles. The number of hydrogen-bond donors (Lipinski definition) is 1. The number of nitrogens with two attached hydrogens (primary N) is 1. The minimum atomic E-state index is -0.679. The molecule has 0 saturated heterocycles. The highest BCUT2D eigenvalue weighted by atomic mass is 16.7. The number of hydrogen-bond acceptors (Lipinski definition) is 5. The summed E-state index contributed by atoms with van der Waals surface area (Å²) in [4.78, 5) is 28.3. The van der Waals surface area contributed by atoms with Gasteiger partial charge in [0.15, 0.2) is 11.5 Å². The Bertz CT molecular complexity index is 887. The van der Waals surface area contributed by atoms with Crippen LogP contribution >= 0.6 is 0 Å². The fourth-order valence-electron chi connectivity index (χ4n) is 3.42. The van der Waals surface area contributed by atoms with Crippen molar-refractivity contribution < 1.29 is 19.1 Å². The molecule has 0 fully saturated rings. The summed E-state index contributed by atoms with van der Waals surface area (Å²) in [7, 11) is 3.36. The molecule has 2 aromatic carbocycles. The first-order chi connectivity index (χ1) is 14.3. The van der Waals surface area contributed by atoms with Gasteiger partial charge < -0.3 is 25.0 Å². The highest BCUT2D eigenvalue weighted by Crippen LogP contribution is 2.32. The van der Waals surface area contributed by atoms with E-state index in [1.54, 1.807) is 19.0 Å². The highest BCUT2D eigenvalue weighted by Gasteiger charge is 2.24. The summed E-state index contributed by atoms with van der Waals surface area (Å²) in [5.74, 6) is 1.09. The van der Waals surface area contributed by atoms with E-state index in [4.69, 9.17) is 15.2 Å². The lowest BCUT2D eigenvalue weighted by atomic mass is 10.1. The van der Waals surface area contributed by atoms with Crippen LogP contribution in [0, 0.1) is 0 Å². The lowest BCUT2D eigenvalue weighted by Gasteiger charge is -2.28. The Labute approximate surface area is 177 Å². The van der Waals surface area contributed by atoms with Crippen molar-refractivity contribution in [2.75, 3.05) is 27.4 Å². The second-order valence-electron chi connectivity index (χ2n) is 7.74. The summed E-state index contributed by atoms with van der Waals surface area (Å²) >= 11 is 0. The van der Waals surface area contributed by atoms with E-state index >= 15 is 0 Å². The average molecular weight is 412 g/mol. The third-order valence-corrected chi connectivity index (χ3v) is 5.39. The molecule has 1 aliphatic rings. The van der Waals surface area contributed by atoms with Gasteiger partial charge in [0, 0.05) is 20.1 Å². The topological polar surface area (TPSA) is 85.1 Å². The molecule has 2 atom stereocenters. The van der Waals surface area contributed by atoms with E-state index in [1.165, 1.54) is 4.90 Å². The minimum absolute atomic E-state index is 0.0106. The average Bonchev–Trinajstić information content (AvgIpc) is 3.21. The van der Waals surface area contributed by atoms with E-state index in [9.17, 15) is 9.59 Å². The van der Waals surface area contributed by atoms with E-state index in [0.717, 1.165) is 22.6 Å². The highest BCUT2D eigenvalue weighted by molar-refractivity contribution is 5.87. The molecule has 0 radical (unpaired) electrons. The Morgan fingerprint density at radius 3 is 2.43 bits per heavy atom. The van der Waals surface area contributed by atoms with Gasteiger partial charge in [-0.25, -0.2) is 0 Å². The van der Waals surface area contributed by atoms with Crippen molar-refractivity contribution in [2.24, 2.45) is 5.73 Å². The van der Waals surface area contributed by atoms with Gasteiger partial charge in [-0.15, -0.1) is 0 Å².